The van der Waals surface area contributed by atoms with Gasteiger partial charge in [0.2, 0.25) is 0 Å². The van der Waals surface area contributed by atoms with Crippen LogP contribution in [-0.2, 0) is 6.54 Å². The van der Waals surface area contributed by atoms with Gasteiger partial charge in [-0.2, -0.15) is 0 Å². The summed E-state index contributed by atoms with van der Waals surface area (Å²) in [5.74, 6) is 0.745. The lowest BCUT2D eigenvalue weighted by Crippen LogP contribution is -2.13. The van der Waals surface area contributed by atoms with Crippen molar-refractivity contribution in [2.24, 2.45) is 0 Å². The fourth-order valence-electron chi connectivity index (χ4n) is 1.73. The molecule has 2 heterocycles. The molecule has 7 heteroatoms. The molecular formula is C11H19N7. The van der Waals surface area contributed by atoms with Crippen molar-refractivity contribution in [3.63, 3.8) is 0 Å². The van der Waals surface area contributed by atoms with Crippen molar-refractivity contribution in [1.29, 1.82) is 0 Å². The molecule has 0 saturated carbocycles. The Hall–Kier alpha value is -1.76. The van der Waals surface area contributed by atoms with E-state index in [1.807, 2.05) is 11.7 Å². The van der Waals surface area contributed by atoms with Gasteiger partial charge in [-0.15, -0.1) is 5.10 Å². The van der Waals surface area contributed by atoms with Gasteiger partial charge < -0.3 is 10.6 Å². The molecular weight excluding hydrogens is 230 g/mol. The Bertz CT molecular complexity index is 505. The summed E-state index contributed by atoms with van der Waals surface area (Å²) >= 11 is 0. The smallest absolute Gasteiger partial charge is 0.183 e. The van der Waals surface area contributed by atoms with Gasteiger partial charge in [-0.05, 0) is 33.9 Å². The lowest BCUT2D eigenvalue weighted by Gasteiger charge is -2.08. The molecule has 0 aliphatic heterocycles. The zero-order valence-corrected chi connectivity index (χ0v) is 11.0. The van der Waals surface area contributed by atoms with Crippen molar-refractivity contribution in [2.75, 3.05) is 18.9 Å². The highest BCUT2D eigenvalue weighted by Gasteiger charge is 2.11. The molecule has 7 nitrogen and oxygen atoms in total. The molecule has 2 aromatic heterocycles. The molecule has 0 unspecified atom stereocenters. The van der Waals surface area contributed by atoms with E-state index >= 15 is 0 Å². The molecule has 2 aromatic rings. The van der Waals surface area contributed by atoms with Crippen LogP contribution in [0.3, 0.4) is 0 Å². The van der Waals surface area contributed by atoms with Crippen molar-refractivity contribution >= 4 is 17.0 Å². The van der Waals surface area contributed by atoms with Gasteiger partial charge >= 0.3 is 0 Å². The summed E-state index contributed by atoms with van der Waals surface area (Å²) in [6, 6.07) is 0.303. The summed E-state index contributed by atoms with van der Waals surface area (Å²) in [7, 11) is 1.94. The lowest BCUT2D eigenvalue weighted by atomic mass is 10.3. The molecule has 2 rings (SSSR count). The number of aromatic nitrogens is 5. The first-order valence-corrected chi connectivity index (χ1v) is 6.17. The molecule has 0 spiro atoms. The van der Waals surface area contributed by atoms with Gasteiger partial charge in [0.25, 0.3) is 0 Å². The number of fused-ring (bicyclic) bond motifs is 1. The minimum atomic E-state index is 0.303. The number of hydrogen-bond acceptors (Lipinski definition) is 6. The maximum Gasteiger partial charge on any atom is 0.183 e. The van der Waals surface area contributed by atoms with Gasteiger partial charge in [0.15, 0.2) is 17.0 Å². The van der Waals surface area contributed by atoms with Crippen LogP contribution >= 0.6 is 0 Å². The van der Waals surface area contributed by atoms with Crippen LogP contribution in [-0.4, -0.2) is 44.6 Å². The van der Waals surface area contributed by atoms with Gasteiger partial charge in [-0.1, -0.05) is 5.21 Å². The number of nitrogens with zero attached hydrogens (tertiary/aromatic N) is 5. The highest BCUT2D eigenvalue weighted by Crippen LogP contribution is 2.16. The average molecular weight is 249 g/mol. The molecule has 0 saturated heterocycles. The first kappa shape index (κ1) is 12.7. The maximum atomic E-state index is 4.25. The predicted octanol–water partition coefficient (Wildman–Crippen LogP) is 0.651. The van der Waals surface area contributed by atoms with Crippen molar-refractivity contribution in [3.05, 3.63) is 6.33 Å². The summed E-state index contributed by atoms with van der Waals surface area (Å²) in [6.45, 7) is 5.87. The van der Waals surface area contributed by atoms with E-state index in [0.29, 0.717) is 6.04 Å². The van der Waals surface area contributed by atoms with Crippen LogP contribution in [0.25, 0.3) is 11.2 Å². The van der Waals surface area contributed by atoms with E-state index in [1.54, 1.807) is 6.33 Å². The number of nitrogens with one attached hydrogen (secondary N) is 2. The minimum Gasteiger partial charge on any atom is -0.366 e. The fraction of sp³-hybridized carbons (Fsp3) is 0.636. The molecule has 0 aliphatic carbocycles. The third-order valence-electron chi connectivity index (χ3n) is 2.52. The van der Waals surface area contributed by atoms with E-state index < -0.39 is 0 Å². The Kier molecular flexibility index (Phi) is 4.03. The van der Waals surface area contributed by atoms with E-state index in [9.17, 15) is 0 Å². The topological polar surface area (TPSA) is 80.5 Å². The van der Waals surface area contributed by atoms with Crippen LogP contribution in [0.1, 0.15) is 20.3 Å². The van der Waals surface area contributed by atoms with E-state index in [4.69, 9.17) is 0 Å². The molecule has 0 bridgehead atoms. The number of hydrogen-bond donors (Lipinski definition) is 2. The highest BCUT2D eigenvalue weighted by atomic mass is 15.4. The van der Waals surface area contributed by atoms with E-state index in [2.05, 4.69) is 44.8 Å². The molecule has 0 radical (unpaired) electrons. The second kappa shape index (κ2) is 5.72. The molecule has 0 fully saturated rings. The normalized spacial score (nSPS) is 11.3. The second-order valence-corrected chi connectivity index (χ2v) is 4.46. The van der Waals surface area contributed by atoms with Gasteiger partial charge in [0.1, 0.15) is 6.33 Å². The monoisotopic (exact) mass is 249 g/mol. The third-order valence-corrected chi connectivity index (χ3v) is 2.52. The summed E-state index contributed by atoms with van der Waals surface area (Å²) in [5.41, 5.74) is 1.51. The Balaban J connectivity index is 2.24. The Morgan fingerprint density at radius 2 is 2.17 bits per heavy atom. The quantitative estimate of drug-likeness (QED) is 0.732. The van der Waals surface area contributed by atoms with Crippen molar-refractivity contribution in [1.82, 2.24) is 30.3 Å². The van der Waals surface area contributed by atoms with E-state index in [1.165, 1.54) is 0 Å². The molecule has 18 heavy (non-hydrogen) atoms. The number of aryl methyl sites for hydroxylation is 1. The Morgan fingerprint density at radius 3 is 2.89 bits per heavy atom. The first-order valence-electron chi connectivity index (χ1n) is 6.17. The van der Waals surface area contributed by atoms with Gasteiger partial charge in [0, 0.05) is 12.6 Å². The zero-order chi connectivity index (χ0) is 13.0. The molecule has 0 atom stereocenters. The molecule has 0 aromatic carbocycles. The minimum absolute atomic E-state index is 0.303. The molecule has 0 aliphatic rings. The largest absolute Gasteiger partial charge is 0.366 e. The van der Waals surface area contributed by atoms with Crippen LogP contribution in [0.15, 0.2) is 6.33 Å². The summed E-state index contributed by atoms with van der Waals surface area (Å²) in [5, 5.41) is 14.6. The Morgan fingerprint density at radius 1 is 1.33 bits per heavy atom. The van der Waals surface area contributed by atoms with E-state index in [-0.39, 0.29) is 0 Å². The number of rotatable bonds is 6. The van der Waals surface area contributed by atoms with Crippen LogP contribution in [0.5, 0.6) is 0 Å². The lowest BCUT2D eigenvalue weighted by molar-refractivity contribution is 0.555. The van der Waals surface area contributed by atoms with Crippen LogP contribution in [0, 0.1) is 0 Å². The van der Waals surface area contributed by atoms with Crippen molar-refractivity contribution in [3.8, 4) is 0 Å². The standard InChI is InChI=1S/C11H19N7/c1-8(2)15-10-9-11(14-7-13-10)18(17-16-9)6-4-5-12-3/h7-8,12H,4-6H2,1-3H3,(H,13,14,15). The van der Waals surface area contributed by atoms with Crippen LogP contribution in [0.2, 0.25) is 0 Å². The van der Waals surface area contributed by atoms with Gasteiger partial charge in [0.05, 0.1) is 0 Å². The SMILES string of the molecule is CNCCCn1nnc2c(NC(C)C)ncnc21. The predicted molar refractivity (Wildman–Crippen MR) is 70.4 cm³/mol. The number of anilines is 1. The van der Waals surface area contributed by atoms with Crippen molar-refractivity contribution in [2.45, 2.75) is 32.9 Å². The summed E-state index contributed by atoms with van der Waals surface area (Å²) in [6.07, 6.45) is 2.54. The fourth-order valence-corrected chi connectivity index (χ4v) is 1.73. The summed E-state index contributed by atoms with van der Waals surface area (Å²) < 4.78 is 1.82. The van der Waals surface area contributed by atoms with E-state index in [0.717, 1.165) is 36.5 Å². The first-order chi connectivity index (χ1) is 8.72. The second-order valence-electron chi connectivity index (χ2n) is 4.46. The molecule has 98 valence electrons. The van der Waals surface area contributed by atoms with Crippen LogP contribution < -0.4 is 10.6 Å². The zero-order valence-electron chi connectivity index (χ0n) is 11.0. The van der Waals surface area contributed by atoms with Crippen LogP contribution in [0.4, 0.5) is 5.82 Å². The molecule has 0 amide bonds. The van der Waals surface area contributed by atoms with Crippen molar-refractivity contribution < 1.29 is 0 Å². The maximum absolute atomic E-state index is 4.25. The van der Waals surface area contributed by atoms with Gasteiger partial charge in [-0.3, -0.25) is 0 Å². The third kappa shape index (κ3) is 2.73. The Labute approximate surface area is 106 Å². The molecule has 2 N–H and O–H groups in total. The summed E-state index contributed by atoms with van der Waals surface area (Å²) in [4.78, 5) is 8.46. The highest BCUT2D eigenvalue weighted by molar-refractivity contribution is 5.81. The van der Waals surface area contributed by atoms with Gasteiger partial charge in [-0.25, -0.2) is 14.6 Å². The average Bonchev–Trinajstić information content (AvgIpc) is 2.74.